The molecule has 466 valence electrons. The summed E-state index contributed by atoms with van der Waals surface area (Å²) in [5, 5.41) is 0. The van der Waals surface area contributed by atoms with Crippen molar-refractivity contribution in [1.82, 2.24) is 0 Å². The van der Waals surface area contributed by atoms with Gasteiger partial charge in [-0.15, -0.1) is 0 Å². The van der Waals surface area contributed by atoms with Crippen LogP contribution in [0.15, 0.2) is 170 Å². The molecule has 0 amide bonds. The van der Waals surface area contributed by atoms with Crippen molar-refractivity contribution in [2.45, 2.75) is 284 Å². The zero-order chi connectivity index (χ0) is 59.9. The lowest BCUT2D eigenvalue weighted by Crippen LogP contribution is -2.30. The summed E-state index contributed by atoms with van der Waals surface area (Å²) < 4.78 is 16.8. The maximum absolute atomic E-state index is 12.9. The van der Waals surface area contributed by atoms with Gasteiger partial charge in [0.15, 0.2) is 6.10 Å². The molecule has 0 spiro atoms. The van der Waals surface area contributed by atoms with Crippen LogP contribution in [-0.4, -0.2) is 37.2 Å². The molecule has 0 fully saturated rings. The Morgan fingerprint density at radius 1 is 0.253 bits per heavy atom. The first-order chi connectivity index (χ1) is 41.0. The van der Waals surface area contributed by atoms with E-state index in [2.05, 4.69) is 179 Å². The normalized spacial score (nSPS) is 13.2. The maximum Gasteiger partial charge on any atom is 0.309 e. The maximum atomic E-state index is 12.9. The average molecular weight is 1140 g/mol. The van der Waals surface area contributed by atoms with E-state index in [9.17, 15) is 14.4 Å². The third-order valence-corrected chi connectivity index (χ3v) is 13.7. The third-order valence-electron chi connectivity index (χ3n) is 13.7. The zero-order valence-corrected chi connectivity index (χ0v) is 53.4. The van der Waals surface area contributed by atoms with E-state index in [-0.39, 0.29) is 32.0 Å². The molecule has 0 rings (SSSR count). The van der Waals surface area contributed by atoms with Gasteiger partial charge < -0.3 is 14.2 Å². The summed E-state index contributed by atoms with van der Waals surface area (Å²) >= 11 is 0. The molecule has 1 atom stereocenters. The standard InChI is InChI=1S/C77H122O6/c1-4-7-10-13-16-19-22-25-28-30-31-32-33-34-35-36-37-38-39-40-41-42-43-44-45-47-49-52-55-58-61-64-67-70-76(79)82-73-74(72-81-75(78)69-66-63-60-57-54-51-48-27-24-21-18-15-12-9-6-3)83-77(80)71-68-65-62-59-56-53-50-46-29-26-23-20-17-14-11-8-5-2/h7-12,16-21,25-29,31-32,48,50,53-54,57,59,62-63,66,74H,4-6,13-15,22-24,30,33-47,49,51-52,55-56,58,60-61,64-65,67-73H2,1-3H3/b10-7-,11-8-,12-9-,19-16-,20-17-,21-18-,28-25-,29-26-,32-31-,48-27-,53-50-,57-54-,62-59-,66-63-. The van der Waals surface area contributed by atoms with Crippen molar-refractivity contribution in [1.29, 1.82) is 0 Å². The van der Waals surface area contributed by atoms with Crippen molar-refractivity contribution in [3.8, 4) is 0 Å². The first kappa shape index (κ1) is 77.8. The van der Waals surface area contributed by atoms with E-state index in [1.54, 1.807) is 6.08 Å². The molecule has 83 heavy (non-hydrogen) atoms. The predicted octanol–water partition coefficient (Wildman–Crippen LogP) is 23.4. The van der Waals surface area contributed by atoms with Crippen LogP contribution in [0.3, 0.4) is 0 Å². The van der Waals surface area contributed by atoms with Crippen LogP contribution in [0, 0.1) is 0 Å². The molecule has 0 N–H and O–H groups in total. The molecule has 0 aliphatic carbocycles. The van der Waals surface area contributed by atoms with Crippen LogP contribution in [0.1, 0.15) is 278 Å². The second kappa shape index (κ2) is 69.3. The third kappa shape index (κ3) is 67.4. The van der Waals surface area contributed by atoms with Gasteiger partial charge in [-0.3, -0.25) is 14.4 Å². The van der Waals surface area contributed by atoms with Crippen molar-refractivity contribution >= 4 is 17.9 Å². The molecule has 1 unspecified atom stereocenters. The Morgan fingerprint density at radius 3 is 0.819 bits per heavy atom. The molecule has 0 heterocycles. The van der Waals surface area contributed by atoms with Crippen LogP contribution in [0.25, 0.3) is 0 Å². The molecule has 0 radical (unpaired) electrons. The highest BCUT2D eigenvalue weighted by atomic mass is 16.6. The van der Waals surface area contributed by atoms with Gasteiger partial charge in [0.25, 0.3) is 0 Å². The Balaban J connectivity index is 4.32. The first-order valence-corrected chi connectivity index (χ1v) is 33.6. The molecule has 0 saturated heterocycles. The molecular weight excluding hydrogens is 1020 g/mol. The van der Waals surface area contributed by atoms with Gasteiger partial charge in [-0.05, 0) is 122 Å². The Bertz CT molecular complexity index is 1890. The number of carbonyl (C=O) groups is 3. The fourth-order valence-electron chi connectivity index (χ4n) is 8.84. The lowest BCUT2D eigenvalue weighted by atomic mass is 10.0. The smallest absolute Gasteiger partial charge is 0.309 e. The van der Waals surface area contributed by atoms with Gasteiger partial charge in [-0.25, -0.2) is 0 Å². The highest BCUT2D eigenvalue weighted by molar-refractivity contribution is 5.72. The van der Waals surface area contributed by atoms with Crippen molar-refractivity contribution in [3.63, 3.8) is 0 Å². The minimum Gasteiger partial charge on any atom is -0.462 e. The second-order valence-electron chi connectivity index (χ2n) is 21.6. The molecule has 0 aromatic heterocycles. The van der Waals surface area contributed by atoms with Gasteiger partial charge in [0, 0.05) is 12.8 Å². The minimum atomic E-state index is -0.855. The van der Waals surface area contributed by atoms with Crippen LogP contribution in [0.2, 0.25) is 0 Å². The fraction of sp³-hybridized carbons (Fsp3) is 0.597. The average Bonchev–Trinajstić information content (AvgIpc) is 3.49. The summed E-state index contributed by atoms with van der Waals surface area (Å²) in [5.74, 6) is -1.13. The van der Waals surface area contributed by atoms with Crippen LogP contribution < -0.4 is 0 Å². The number of hydrogen-bond acceptors (Lipinski definition) is 6. The van der Waals surface area contributed by atoms with Crippen molar-refractivity contribution in [2.75, 3.05) is 13.2 Å². The van der Waals surface area contributed by atoms with E-state index in [0.717, 1.165) is 116 Å². The number of carbonyl (C=O) groups excluding carboxylic acids is 3. The molecule has 6 nitrogen and oxygen atoms in total. The second-order valence-corrected chi connectivity index (χ2v) is 21.6. The van der Waals surface area contributed by atoms with Gasteiger partial charge in [0.05, 0.1) is 6.42 Å². The topological polar surface area (TPSA) is 78.9 Å². The molecule has 6 heteroatoms. The van der Waals surface area contributed by atoms with E-state index in [4.69, 9.17) is 14.2 Å². The number of esters is 3. The number of hydrogen-bond donors (Lipinski definition) is 0. The number of rotatable bonds is 59. The monoisotopic (exact) mass is 1140 g/mol. The molecule has 0 aromatic rings. The molecule has 0 aromatic carbocycles. The molecular formula is C77H122O6. The zero-order valence-electron chi connectivity index (χ0n) is 53.4. The highest BCUT2D eigenvalue weighted by Gasteiger charge is 2.19. The molecule has 0 aliphatic heterocycles. The summed E-state index contributed by atoms with van der Waals surface area (Å²) in [4.78, 5) is 38.2. The quantitative estimate of drug-likeness (QED) is 0.0261. The molecule has 0 saturated carbocycles. The fourth-order valence-corrected chi connectivity index (χ4v) is 8.84. The van der Waals surface area contributed by atoms with Crippen LogP contribution in [-0.2, 0) is 28.6 Å². The minimum absolute atomic E-state index is 0.109. The highest BCUT2D eigenvalue weighted by Crippen LogP contribution is 2.16. The summed E-state index contributed by atoms with van der Waals surface area (Å²) in [6.45, 7) is 6.17. The van der Waals surface area contributed by atoms with Gasteiger partial charge in [-0.1, -0.05) is 306 Å². The van der Waals surface area contributed by atoms with E-state index in [1.807, 2.05) is 6.08 Å². The van der Waals surface area contributed by atoms with E-state index >= 15 is 0 Å². The van der Waals surface area contributed by atoms with Crippen LogP contribution in [0.4, 0.5) is 0 Å². The molecule has 0 bridgehead atoms. The van der Waals surface area contributed by atoms with Gasteiger partial charge >= 0.3 is 17.9 Å². The summed E-state index contributed by atoms with van der Waals surface area (Å²) in [6, 6.07) is 0. The number of allylic oxidation sites excluding steroid dienone is 27. The van der Waals surface area contributed by atoms with Gasteiger partial charge in [-0.2, -0.15) is 0 Å². The summed E-state index contributed by atoms with van der Waals surface area (Å²) in [7, 11) is 0. The lowest BCUT2D eigenvalue weighted by molar-refractivity contribution is -0.166. The Hall–Kier alpha value is -5.23. The van der Waals surface area contributed by atoms with Gasteiger partial charge in [0.2, 0.25) is 0 Å². The predicted molar refractivity (Wildman–Crippen MR) is 361 cm³/mol. The Morgan fingerprint density at radius 2 is 0.494 bits per heavy atom. The van der Waals surface area contributed by atoms with Crippen molar-refractivity contribution < 1.29 is 28.6 Å². The summed E-state index contributed by atoms with van der Waals surface area (Å²) in [6.07, 6.45) is 103. The Kier molecular flexibility index (Phi) is 64.9. The Labute approximate surface area is 511 Å². The first-order valence-electron chi connectivity index (χ1n) is 33.6. The molecule has 0 aliphatic rings. The van der Waals surface area contributed by atoms with Crippen molar-refractivity contribution in [2.24, 2.45) is 0 Å². The summed E-state index contributed by atoms with van der Waals surface area (Å²) in [5.41, 5.74) is 0. The number of ether oxygens (including phenoxy) is 3. The van der Waals surface area contributed by atoms with Crippen LogP contribution in [0.5, 0.6) is 0 Å². The number of unbranched alkanes of at least 4 members (excludes halogenated alkanes) is 21. The van der Waals surface area contributed by atoms with Crippen molar-refractivity contribution in [3.05, 3.63) is 170 Å². The lowest BCUT2D eigenvalue weighted by Gasteiger charge is -2.18. The SMILES string of the molecule is CC/C=C\C/C=C\C/C=C\C/C=C\C/C=C\CCCC(=O)OC(COC(=O)C/C=C\C/C=C\C/C=C\C/C=C\C/C=C\CC)COC(=O)CCCCCCCCCCCCCCCCCCCCCC/C=C\C/C=C\C/C=C\C/C=C\CC. The van der Waals surface area contributed by atoms with E-state index in [1.165, 1.54) is 116 Å². The van der Waals surface area contributed by atoms with E-state index in [0.29, 0.717) is 12.8 Å². The van der Waals surface area contributed by atoms with E-state index < -0.39 is 18.0 Å². The van der Waals surface area contributed by atoms with Crippen LogP contribution >= 0.6 is 0 Å². The van der Waals surface area contributed by atoms with Gasteiger partial charge in [0.1, 0.15) is 13.2 Å². The largest absolute Gasteiger partial charge is 0.462 e.